The van der Waals surface area contributed by atoms with Gasteiger partial charge in [0.15, 0.2) is 0 Å². The standard InChI is InChI=1S/C18H18ClFN2O/c19-17-12-15(22-10-2-4-14(22)8-9-21)6-7-18(17)23-16-5-1-3-13(20)11-16/h1-3,5-7,10-12,14H,4,8-9,21H2. The zero-order valence-electron chi connectivity index (χ0n) is 12.6. The summed E-state index contributed by atoms with van der Waals surface area (Å²) in [5.74, 6) is 0.573. The summed E-state index contributed by atoms with van der Waals surface area (Å²) in [6.45, 7) is 0.650. The molecule has 3 rings (SSSR count). The third kappa shape index (κ3) is 3.66. The van der Waals surface area contributed by atoms with Gasteiger partial charge in [0.05, 0.1) is 5.02 Å². The Kier molecular flexibility index (Phi) is 4.84. The molecule has 0 aromatic heterocycles. The zero-order valence-corrected chi connectivity index (χ0v) is 13.3. The monoisotopic (exact) mass is 332 g/mol. The van der Waals surface area contributed by atoms with E-state index in [1.54, 1.807) is 18.2 Å². The summed E-state index contributed by atoms with van der Waals surface area (Å²) in [5.41, 5.74) is 6.66. The first kappa shape index (κ1) is 15.8. The second-order valence-electron chi connectivity index (χ2n) is 5.43. The third-order valence-corrected chi connectivity index (χ3v) is 4.10. The SMILES string of the molecule is NCCC1CC=CN1c1ccc(Oc2cccc(F)c2)c(Cl)c1. The lowest BCUT2D eigenvalue weighted by Gasteiger charge is -2.26. The van der Waals surface area contributed by atoms with Crippen molar-refractivity contribution in [3.05, 3.63) is 65.6 Å². The zero-order chi connectivity index (χ0) is 16.2. The van der Waals surface area contributed by atoms with Crippen molar-refractivity contribution in [2.75, 3.05) is 11.4 Å². The van der Waals surface area contributed by atoms with Gasteiger partial charge in [0, 0.05) is 24.0 Å². The summed E-state index contributed by atoms with van der Waals surface area (Å²) in [4.78, 5) is 2.17. The first-order valence-corrected chi connectivity index (χ1v) is 7.93. The number of halogens is 2. The number of anilines is 1. The first-order valence-electron chi connectivity index (χ1n) is 7.55. The van der Waals surface area contributed by atoms with E-state index in [2.05, 4.69) is 17.2 Å². The fourth-order valence-electron chi connectivity index (χ4n) is 2.70. The second kappa shape index (κ2) is 7.02. The molecule has 0 saturated carbocycles. The molecular formula is C18H18ClFN2O. The van der Waals surface area contributed by atoms with E-state index in [4.69, 9.17) is 22.1 Å². The van der Waals surface area contributed by atoms with Crippen molar-refractivity contribution in [3.63, 3.8) is 0 Å². The average Bonchev–Trinajstić information content (AvgIpc) is 2.98. The van der Waals surface area contributed by atoms with E-state index in [0.717, 1.165) is 18.5 Å². The van der Waals surface area contributed by atoms with Gasteiger partial charge in [-0.25, -0.2) is 4.39 Å². The van der Waals surface area contributed by atoms with Gasteiger partial charge in [-0.3, -0.25) is 0 Å². The van der Waals surface area contributed by atoms with E-state index >= 15 is 0 Å². The first-order chi connectivity index (χ1) is 11.2. The van der Waals surface area contributed by atoms with Crippen molar-refractivity contribution in [1.29, 1.82) is 0 Å². The van der Waals surface area contributed by atoms with E-state index in [-0.39, 0.29) is 5.82 Å². The summed E-state index contributed by atoms with van der Waals surface area (Å²) >= 11 is 6.33. The summed E-state index contributed by atoms with van der Waals surface area (Å²) in [5, 5.41) is 0.485. The molecule has 1 atom stereocenters. The molecule has 2 aromatic rings. The van der Waals surface area contributed by atoms with Crippen molar-refractivity contribution < 1.29 is 9.13 Å². The van der Waals surface area contributed by atoms with E-state index in [1.807, 2.05) is 12.1 Å². The normalized spacial score (nSPS) is 16.8. The predicted molar refractivity (Wildman–Crippen MR) is 91.6 cm³/mol. The molecule has 1 aliphatic heterocycles. The van der Waals surface area contributed by atoms with Crippen molar-refractivity contribution in [2.24, 2.45) is 5.73 Å². The highest BCUT2D eigenvalue weighted by atomic mass is 35.5. The van der Waals surface area contributed by atoms with Gasteiger partial charge in [-0.15, -0.1) is 0 Å². The molecule has 0 spiro atoms. The lowest BCUT2D eigenvalue weighted by atomic mass is 10.1. The molecular weight excluding hydrogens is 315 g/mol. The number of hydrogen-bond donors (Lipinski definition) is 1. The highest BCUT2D eigenvalue weighted by Gasteiger charge is 2.20. The van der Waals surface area contributed by atoms with Crippen LogP contribution in [0, 0.1) is 5.82 Å². The number of benzene rings is 2. The Labute approximate surface area is 140 Å². The fraction of sp³-hybridized carbons (Fsp3) is 0.222. The molecule has 5 heteroatoms. The van der Waals surface area contributed by atoms with Gasteiger partial charge < -0.3 is 15.4 Å². The minimum absolute atomic E-state index is 0.345. The van der Waals surface area contributed by atoms with Crippen LogP contribution in [0.4, 0.5) is 10.1 Å². The van der Waals surface area contributed by atoms with Crippen LogP contribution in [0.25, 0.3) is 0 Å². The van der Waals surface area contributed by atoms with Crippen LogP contribution in [-0.4, -0.2) is 12.6 Å². The van der Waals surface area contributed by atoms with E-state index in [0.29, 0.717) is 29.1 Å². The predicted octanol–water partition coefficient (Wildman–Crippen LogP) is 4.71. The number of nitrogens with zero attached hydrogens (tertiary/aromatic N) is 1. The molecule has 0 amide bonds. The lowest BCUT2D eigenvalue weighted by Crippen LogP contribution is -2.28. The fourth-order valence-corrected chi connectivity index (χ4v) is 2.92. The number of ether oxygens (including phenoxy) is 1. The molecule has 0 bridgehead atoms. The van der Waals surface area contributed by atoms with Gasteiger partial charge in [0.25, 0.3) is 0 Å². The van der Waals surface area contributed by atoms with Crippen LogP contribution in [-0.2, 0) is 0 Å². The van der Waals surface area contributed by atoms with Crippen molar-refractivity contribution >= 4 is 17.3 Å². The van der Waals surface area contributed by atoms with Crippen LogP contribution in [0.5, 0.6) is 11.5 Å². The maximum absolute atomic E-state index is 13.2. The van der Waals surface area contributed by atoms with Crippen LogP contribution < -0.4 is 15.4 Å². The van der Waals surface area contributed by atoms with Gasteiger partial charge >= 0.3 is 0 Å². The van der Waals surface area contributed by atoms with E-state index in [1.165, 1.54) is 12.1 Å². The third-order valence-electron chi connectivity index (χ3n) is 3.80. The van der Waals surface area contributed by atoms with Gasteiger partial charge in [-0.05, 0) is 49.7 Å². The molecule has 2 aromatic carbocycles. The van der Waals surface area contributed by atoms with Crippen LogP contribution in [0.1, 0.15) is 12.8 Å². The molecule has 23 heavy (non-hydrogen) atoms. The van der Waals surface area contributed by atoms with Crippen LogP contribution >= 0.6 is 11.6 Å². The highest BCUT2D eigenvalue weighted by Crippen LogP contribution is 2.35. The van der Waals surface area contributed by atoms with Gasteiger partial charge in [0.1, 0.15) is 17.3 Å². The van der Waals surface area contributed by atoms with E-state index < -0.39 is 0 Å². The van der Waals surface area contributed by atoms with Gasteiger partial charge in [-0.2, -0.15) is 0 Å². The maximum atomic E-state index is 13.2. The van der Waals surface area contributed by atoms with Crippen LogP contribution in [0.2, 0.25) is 5.02 Å². The number of nitrogens with two attached hydrogens (primary N) is 1. The molecule has 0 radical (unpaired) electrons. The molecule has 3 nitrogen and oxygen atoms in total. The minimum atomic E-state index is -0.345. The second-order valence-corrected chi connectivity index (χ2v) is 5.84. The summed E-state index contributed by atoms with van der Waals surface area (Å²) < 4.78 is 18.9. The Morgan fingerprint density at radius 2 is 2.13 bits per heavy atom. The van der Waals surface area contributed by atoms with E-state index in [9.17, 15) is 4.39 Å². The van der Waals surface area contributed by atoms with Crippen molar-refractivity contribution in [1.82, 2.24) is 0 Å². The van der Waals surface area contributed by atoms with Crippen molar-refractivity contribution in [3.8, 4) is 11.5 Å². The number of hydrogen-bond acceptors (Lipinski definition) is 3. The lowest BCUT2D eigenvalue weighted by molar-refractivity contribution is 0.477. The quantitative estimate of drug-likeness (QED) is 0.861. The summed E-state index contributed by atoms with van der Waals surface area (Å²) in [7, 11) is 0. The largest absolute Gasteiger partial charge is 0.456 e. The highest BCUT2D eigenvalue weighted by molar-refractivity contribution is 6.32. The Morgan fingerprint density at radius 1 is 1.26 bits per heavy atom. The van der Waals surface area contributed by atoms with Crippen molar-refractivity contribution in [2.45, 2.75) is 18.9 Å². The smallest absolute Gasteiger partial charge is 0.146 e. The molecule has 0 aliphatic carbocycles. The molecule has 120 valence electrons. The molecule has 1 unspecified atom stereocenters. The number of rotatable bonds is 5. The van der Waals surface area contributed by atoms with Gasteiger partial charge in [0.2, 0.25) is 0 Å². The summed E-state index contributed by atoms with van der Waals surface area (Å²) in [6.07, 6.45) is 6.09. The minimum Gasteiger partial charge on any atom is -0.456 e. The Hall–Kier alpha value is -2.04. The molecule has 1 heterocycles. The summed E-state index contributed by atoms with van der Waals surface area (Å²) in [6, 6.07) is 11.9. The Balaban J connectivity index is 1.79. The Bertz CT molecular complexity index is 720. The molecule has 2 N–H and O–H groups in total. The van der Waals surface area contributed by atoms with Gasteiger partial charge in [-0.1, -0.05) is 23.7 Å². The van der Waals surface area contributed by atoms with Crippen LogP contribution in [0.15, 0.2) is 54.7 Å². The average molecular weight is 333 g/mol. The topological polar surface area (TPSA) is 38.5 Å². The molecule has 0 fully saturated rings. The van der Waals surface area contributed by atoms with Crippen LogP contribution in [0.3, 0.4) is 0 Å². The maximum Gasteiger partial charge on any atom is 0.146 e. The molecule has 1 aliphatic rings. The Morgan fingerprint density at radius 3 is 2.87 bits per heavy atom. The molecule has 0 saturated heterocycles.